The zero-order chi connectivity index (χ0) is 25.7. The number of ether oxygens (including phenoxy) is 3. The van der Waals surface area contributed by atoms with Crippen molar-refractivity contribution in [3.8, 4) is 22.9 Å². The highest BCUT2D eigenvalue weighted by Crippen LogP contribution is 2.34. The molecule has 0 spiro atoms. The monoisotopic (exact) mass is 513 g/mol. The smallest absolute Gasteiger partial charge is 0.342 e. The number of aliphatic carboxylic acids is 1. The van der Waals surface area contributed by atoms with Crippen molar-refractivity contribution >= 4 is 35.2 Å². The minimum Gasteiger partial charge on any atom is -0.497 e. The van der Waals surface area contributed by atoms with Crippen LogP contribution in [0.5, 0.6) is 11.5 Å². The Bertz CT molecular complexity index is 1280. The molecular formula is C23H23N5O7S. The lowest BCUT2D eigenvalue weighted by molar-refractivity contribution is -0.384. The molecule has 1 aliphatic rings. The van der Waals surface area contributed by atoms with Gasteiger partial charge in [0, 0.05) is 48.1 Å². The Labute approximate surface area is 210 Å². The summed E-state index contributed by atoms with van der Waals surface area (Å²) in [5.41, 5.74) is 1.59. The fourth-order valence-corrected chi connectivity index (χ4v) is 4.30. The second-order valence-electron chi connectivity index (χ2n) is 7.58. The second kappa shape index (κ2) is 11.1. The van der Waals surface area contributed by atoms with E-state index in [2.05, 4.69) is 15.2 Å². The summed E-state index contributed by atoms with van der Waals surface area (Å²) < 4.78 is 16.0. The quantitative estimate of drug-likeness (QED) is 0.187. The molecule has 0 atom stereocenters. The molecule has 1 saturated heterocycles. The molecule has 36 heavy (non-hydrogen) atoms. The normalized spacial score (nSPS) is 13.9. The maximum Gasteiger partial charge on any atom is 0.342 e. The molecule has 13 heteroatoms. The van der Waals surface area contributed by atoms with Crippen LogP contribution in [-0.2, 0) is 9.53 Å². The predicted octanol–water partition coefficient (Wildman–Crippen LogP) is 3.45. The third kappa shape index (κ3) is 5.75. The van der Waals surface area contributed by atoms with E-state index in [0.29, 0.717) is 60.4 Å². The Morgan fingerprint density at radius 2 is 1.89 bits per heavy atom. The first-order valence-electron chi connectivity index (χ1n) is 10.8. The van der Waals surface area contributed by atoms with Crippen LogP contribution in [-0.4, -0.2) is 71.7 Å². The number of carboxylic acids is 1. The molecule has 0 unspecified atom stereocenters. The SMILES string of the molecule is COc1cc(OC)cc(-c2nc(S/C(=C\c3cc([N+](=O)[O-])ccc3N3CCOCC3)C(=O)O)n[nH]2)c1. The van der Waals surface area contributed by atoms with Gasteiger partial charge in [0.2, 0.25) is 5.16 Å². The number of nitro benzene ring substituents is 1. The highest BCUT2D eigenvalue weighted by Gasteiger charge is 2.20. The van der Waals surface area contributed by atoms with Crippen molar-refractivity contribution in [2.45, 2.75) is 5.16 Å². The van der Waals surface area contributed by atoms with Gasteiger partial charge in [-0.2, -0.15) is 0 Å². The predicted molar refractivity (Wildman–Crippen MR) is 133 cm³/mol. The van der Waals surface area contributed by atoms with Crippen molar-refractivity contribution in [2.75, 3.05) is 45.4 Å². The Morgan fingerprint density at radius 1 is 1.19 bits per heavy atom. The fraction of sp³-hybridized carbons (Fsp3) is 0.261. The number of thioether (sulfide) groups is 1. The minimum absolute atomic E-state index is 0.0984. The van der Waals surface area contributed by atoms with Crippen molar-refractivity contribution in [3.63, 3.8) is 0 Å². The first-order chi connectivity index (χ1) is 17.4. The number of methoxy groups -OCH3 is 2. The Morgan fingerprint density at radius 3 is 2.50 bits per heavy atom. The van der Waals surface area contributed by atoms with Crippen molar-refractivity contribution in [1.82, 2.24) is 15.2 Å². The molecular weight excluding hydrogens is 490 g/mol. The molecule has 4 rings (SSSR count). The maximum atomic E-state index is 12.1. The van der Waals surface area contributed by atoms with Crippen LogP contribution in [0.1, 0.15) is 5.56 Å². The van der Waals surface area contributed by atoms with E-state index in [1.54, 1.807) is 24.3 Å². The number of aromatic nitrogens is 3. The van der Waals surface area contributed by atoms with Crippen molar-refractivity contribution in [2.24, 2.45) is 0 Å². The lowest BCUT2D eigenvalue weighted by atomic mass is 10.1. The van der Waals surface area contributed by atoms with Crippen LogP contribution < -0.4 is 14.4 Å². The van der Waals surface area contributed by atoms with Crippen LogP contribution in [0.15, 0.2) is 46.5 Å². The second-order valence-corrected chi connectivity index (χ2v) is 8.59. The minimum atomic E-state index is -1.21. The van der Waals surface area contributed by atoms with Gasteiger partial charge >= 0.3 is 5.97 Å². The van der Waals surface area contributed by atoms with Gasteiger partial charge in [0.25, 0.3) is 5.69 Å². The number of hydrogen-bond donors (Lipinski definition) is 2. The van der Waals surface area contributed by atoms with Gasteiger partial charge in [-0.3, -0.25) is 15.2 Å². The lowest BCUT2D eigenvalue weighted by Gasteiger charge is -2.30. The molecule has 1 aromatic heterocycles. The molecule has 1 fully saturated rings. The molecule has 0 aliphatic carbocycles. The molecule has 0 saturated carbocycles. The highest BCUT2D eigenvalue weighted by molar-refractivity contribution is 8.04. The standard InChI is InChI=1S/C23H23N5O7S/c1-33-17-10-15(11-18(13-17)34-2)21-24-23(26-25-21)36-20(22(29)30)12-14-9-16(28(31)32)3-4-19(14)27-5-7-35-8-6-27/h3-4,9-13H,5-8H2,1-2H3,(H,29,30)(H,24,25,26)/b20-12-. The van der Waals surface area contributed by atoms with E-state index in [0.717, 1.165) is 11.8 Å². The largest absolute Gasteiger partial charge is 0.497 e. The number of H-pyrrole nitrogens is 1. The molecule has 0 amide bonds. The molecule has 0 radical (unpaired) electrons. The van der Waals surface area contributed by atoms with Crippen LogP contribution in [0.2, 0.25) is 0 Å². The van der Waals surface area contributed by atoms with E-state index in [4.69, 9.17) is 14.2 Å². The Hall–Kier alpha value is -4.10. The summed E-state index contributed by atoms with van der Waals surface area (Å²) in [6.45, 7) is 2.19. The summed E-state index contributed by atoms with van der Waals surface area (Å²) in [4.78, 5) is 29.3. The summed E-state index contributed by atoms with van der Waals surface area (Å²) in [5.74, 6) is 0.294. The van der Waals surface area contributed by atoms with Gasteiger partial charge in [0.15, 0.2) is 5.82 Å². The number of nitrogens with zero attached hydrogens (tertiary/aromatic N) is 4. The average molecular weight is 514 g/mol. The number of nitrogens with one attached hydrogen (secondary N) is 1. The number of rotatable bonds is 9. The fourth-order valence-electron chi connectivity index (χ4n) is 3.60. The van der Waals surface area contributed by atoms with Crippen molar-refractivity contribution in [1.29, 1.82) is 0 Å². The molecule has 0 bridgehead atoms. The molecule has 2 heterocycles. The third-order valence-electron chi connectivity index (χ3n) is 5.36. The van der Waals surface area contributed by atoms with Crippen LogP contribution in [0.4, 0.5) is 11.4 Å². The van der Waals surface area contributed by atoms with Crippen molar-refractivity contribution in [3.05, 3.63) is 57.0 Å². The number of carboxylic acid groups (broad SMARTS) is 1. The van der Waals surface area contributed by atoms with Crippen molar-refractivity contribution < 1.29 is 29.0 Å². The Kier molecular flexibility index (Phi) is 7.71. The zero-order valence-electron chi connectivity index (χ0n) is 19.5. The third-order valence-corrected chi connectivity index (χ3v) is 6.24. The van der Waals surface area contributed by atoms with E-state index in [-0.39, 0.29) is 15.7 Å². The number of morpholine rings is 1. The first kappa shape index (κ1) is 25.0. The van der Waals surface area contributed by atoms with Gasteiger partial charge in [-0.15, -0.1) is 5.10 Å². The molecule has 12 nitrogen and oxygen atoms in total. The number of hydrogen-bond acceptors (Lipinski definition) is 10. The van der Waals surface area contributed by atoms with Crippen LogP contribution in [0.25, 0.3) is 17.5 Å². The highest BCUT2D eigenvalue weighted by atomic mass is 32.2. The number of non-ortho nitro benzene ring substituents is 1. The molecule has 2 aromatic carbocycles. The molecule has 1 aliphatic heterocycles. The number of nitro groups is 1. The van der Waals surface area contributed by atoms with Crippen LogP contribution in [0.3, 0.4) is 0 Å². The number of aromatic amines is 1. The van der Waals surface area contributed by atoms with E-state index < -0.39 is 10.9 Å². The summed E-state index contributed by atoms with van der Waals surface area (Å²) >= 11 is 0.829. The average Bonchev–Trinajstić information content (AvgIpc) is 3.37. The van der Waals surface area contributed by atoms with Gasteiger partial charge in [0.05, 0.1) is 32.4 Å². The van der Waals surface area contributed by atoms with Gasteiger partial charge in [0.1, 0.15) is 16.4 Å². The summed E-state index contributed by atoms with van der Waals surface area (Å²) in [6.07, 6.45) is 1.40. The van der Waals surface area contributed by atoms with E-state index in [1.165, 1.54) is 32.4 Å². The van der Waals surface area contributed by atoms with E-state index in [1.807, 2.05) is 4.90 Å². The number of carbonyl (C=O) groups is 1. The molecule has 3 aromatic rings. The summed E-state index contributed by atoms with van der Waals surface area (Å²) in [7, 11) is 3.06. The maximum absolute atomic E-state index is 12.1. The van der Waals surface area contributed by atoms with Crippen LogP contribution in [0, 0.1) is 10.1 Å². The Balaban J connectivity index is 1.67. The van der Waals surface area contributed by atoms with Gasteiger partial charge in [-0.05, 0) is 36.0 Å². The molecule has 2 N–H and O–H groups in total. The number of anilines is 1. The summed E-state index contributed by atoms with van der Waals surface area (Å²) in [6, 6.07) is 9.58. The van der Waals surface area contributed by atoms with Gasteiger partial charge < -0.3 is 24.2 Å². The first-order valence-corrected chi connectivity index (χ1v) is 11.6. The topological polar surface area (TPSA) is 153 Å². The van der Waals surface area contributed by atoms with Crippen LogP contribution >= 0.6 is 11.8 Å². The zero-order valence-corrected chi connectivity index (χ0v) is 20.3. The van der Waals surface area contributed by atoms with Gasteiger partial charge in [-0.25, -0.2) is 9.78 Å². The lowest BCUT2D eigenvalue weighted by Crippen LogP contribution is -2.36. The van der Waals surface area contributed by atoms with E-state index >= 15 is 0 Å². The van der Waals surface area contributed by atoms with E-state index in [9.17, 15) is 20.0 Å². The van der Waals surface area contributed by atoms with Gasteiger partial charge in [-0.1, -0.05) is 0 Å². The number of benzene rings is 2. The summed E-state index contributed by atoms with van der Waals surface area (Å²) in [5, 5.41) is 28.3. The molecule has 188 valence electrons.